The van der Waals surface area contributed by atoms with E-state index in [0.717, 1.165) is 18.1 Å². The molecule has 0 bridgehead atoms. The van der Waals surface area contributed by atoms with E-state index in [2.05, 4.69) is 9.36 Å². The number of carbonyl (C=O) groups is 1. The summed E-state index contributed by atoms with van der Waals surface area (Å²) in [5, 5.41) is 0.789. The molecule has 2 saturated heterocycles. The van der Waals surface area contributed by atoms with E-state index in [0.29, 0.717) is 19.0 Å². The van der Waals surface area contributed by atoms with Crippen molar-refractivity contribution in [3.05, 3.63) is 5.82 Å². The summed E-state index contributed by atoms with van der Waals surface area (Å²) in [5.74, 6) is -2.13. The Morgan fingerprint density at radius 1 is 1.39 bits per heavy atom. The molecule has 1 unspecified atom stereocenters. The average molecular weight is 346 g/mol. The number of methoxy groups -OCH3 is 1. The third kappa shape index (κ3) is 3.77. The first-order chi connectivity index (χ1) is 11.0. The molecule has 1 amide bonds. The van der Waals surface area contributed by atoms with Crippen LogP contribution >= 0.6 is 11.5 Å². The molecule has 9 heteroatoms. The van der Waals surface area contributed by atoms with Gasteiger partial charge >= 0.3 is 0 Å². The minimum Gasteiger partial charge on any atom is -0.377 e. The molecule has 23 heavy (non-hydrogen) atoms. The fraction of sp³-hybridized carbons (Fsp3) is 0.786. The van der Waals surface area contributed by atoms with Gasteiger partial charge in [-0.2, -0.15) is 4.37 Å². The van der Waals surface area contributed by atoms with Crippen LogP contribution in [0, 0.1) is 5.92 Å². The van der Waals surface area contributed by atoms with Crippen molar-refractivity contribution in [2.45, 2.75) is 31.8 Å². The zero-order valence-electron chi connectivity index (χ0n) is 13.0. The number of hydrogen-bond acceptors (Lipinski definition) is 6. The summed E-state index contributed by atoms with van der Waals surface area (Å²) in [6.45, 7) is 1.99. The molecule has 0 radical (unpaired) electrons. The van der Waals surface area contributed by atoms with Gasteiger partial charge in [0, 0.05) is 57.7 Å². The van der Waals surface area contributed by atoms with Crippen molar-refractivity contribution in [2.75, 3.05) is 38.2 Å². The van der Waals surface area contributed by atoms with Crippen LogP contribution in [0.15, 0.2) is 0 Å². The summed E-state index contributed by atoms with van der Waals surface area (Å²) in [6, 6.07) is 0. The van der Waals surface area contributed by atoms with Crippen LogP contribution in [0.5, 0.6) is 0 Å². The molecule has 3 rings (SSSR count). The summed E-state index contributed by atoms with van der Waals surface area (Å²) >= 11 is 1.30. The van der Waals surface area contributed by atoms with E-state index in [4.69, 9.17) is 4.74 Å². The SMILES string of the molecule is COCc1nsc(N2CCC(C(=O)N3CCC(F)(F)CC3)C2)n1. The van der Waals surface area contributed by atoms with Gasteiger partial charge in [0.1, 0.15) is 6.61 Å². The molecular weight excluding hydrogens is 326 g/mol. The zero-order valence-corrected chi connectivity index (χ0v) is 13.8. The molecule has 1 aromatic heterocycles. The molecule has 6 nitrogen and oxygen atoms in total. The lowest BCUT2D eigenvalue weighted by atomic mass is 10.0. The number of anilines is 1. The molecule has 2 aliphatic rings. The summed E-state index contributed by atoms with van der Waals surface area (Å²) in [5.41, 5.74) is 0. The van der Waals surface area contributed by atoms with E-state index in [1.807, 2.05) is 4.90 Å². The van der Waals surface area contributed by atoms with E-state index in [9.17, 15) is 13.6 Å². The maximum Gasteiger partial charge on any atom is 0.251 e. The van der Waals surface area contributed by atoms with Gasteiger partial charge < -0.3 is 14.5 Å². The van der Waals surface area contributed by atoms with Crippen LogP contribution in [-0.4, -0.2) is 59.4 Å². The number of likely N-dealkylation sites (tertiary alicyclic amines) is 1. The van der Waals surface area contributed by atoms with Gasteiger partial charge in [-0.05, 0) is 6.42 Å². The zero-order chi connectivity index (χ0) is 16.4. The number of rotatable bonds is 4. The second-order valence-corrected chi connectivity index (χ2v) is 6.77. The van der Waals surface area contributed by atoms with E-state index in [-0.39, 0.29) is 37.8 Å². The Kier molecular flexibility index (Phi) is 4.77. The highest BCUT2D eigenvalue weighted by Crippen LogP contribution is 2.31. The molecule has 3 heterocycles. The molecular formula is C14H20F2N4O2S. The smallest absolute Gasteiger partial charge is 0.251 e. The lowest BCUT2D eigenvalue weighted by molar-refractivity contribution is -0.140. The second-order valence-electron chi connectivity index (χ2n) is 6.04. The number of amides is 1. The van der Waals surface area contributed by atoms with Crippen molar-refractivity contribution < 1.29 is 18.3 Å². The fourth-order valence-electron chi connectivity index (χ4n) is 3.01. The predicted molar refractivity (Wildman–Crippen MR) is 81.7 cm³/mol. The minimum absolute atomic E-state index is 0.00960. The molecule has 1 atom stereocenters. The number of halogens is 2. The molecule has 0 aliphatic carbocycles. The van der Waals surface area contributed by atoms with Crippen molar-refractivity contribution in [1.82, 2.24) is 14.3 Å². The lowest BCUT2D eigenvalue weighted by Crippen LogP contribution is -2.45. The first kappa shape index (κ1) is 16.5. The van der Waals surface area contributed by atoms with E-state index in [1.54, 1.807) is 12.0 Å². The van der Waals surface area contributed by atoms with Crippen LogP contribution in [-0.2, 0) is 16.1 Å². The standard InChI is InChI=1S/C14H20F2N4O2S/c1-22-9-11-17-13(23-18-11)20-5-2-10(8-20)12(21)19-6-3-14(15,16)4-7-19/h10H,2-9H2,1H3. The normalized spacial score (nSPS) is 24.2. The largest absolute Gasteiger partial charge is 0.377 e. The summed E-state index contributed by atoms with van der Waals surface area (Å²) in [6.07, 6.45) is 0.267. The van der Waals surface area contributed by atoms with Gasteiger partial charge in [-0.15, -0.1) is 0 Å². The molecule has 1 aromatic rings. The molecule has 0 spiro atoms. The van der Waals surface area contributed by atoms with Gasteiger partial charge in [0.25, 0.3) is 5.92 Å². The van der Waals surface area contributed by atoms with E-state index < -0.39 is 5.92 Å². The van der Waals surface area contributed by atoms with E-state index >= 15 is 0 Å². The Morgan fingerprint density at radius 2 is 2.13 bits per heavy atom. The maximum absolute atomic E-state index is 13.2. The lowest BCUT2D eigenvalue weighted by Gasteiger charge is -2.33. The highest BCUT2D eigenvalue weighted by Gasteiger charge is 2.39. The van der Waals surface area contributed by atoms with Gasteiger partial charge in [0.2, 0.25) is 11.0 Å². The van der Waals surface area contributed by atoms with Crippen LogP contribution in [0.4, 0.5) is 13.9 Å². The summed E-state index contributed by atoms with van der Waals surface area (Å²) in [4.78, 5) is 20.5. The molecule has 0 saturated carbocycles. The highest BCUT2D eigenvalue weighted by molar-refractivity contribution is 7.09. The van der Waals surface area contributed by atoms with Crippen LogP contribution in [0.2, 0.25) is 0 Å². The Morgan fingerprint density at radius 3 is 2.83 bits per heavy atom. The fourth-order valence-corrected chi connectivity index (χ4v) is 3.72. The van der Waals surface area contributed by atoms with Gasteiger partial charge in [0.15, 0.2) is 5.82 Å². The van der Waals surface area contributed by atoms with Crippen LogP contribution in [0.25, 0.3) is 0 Å². The van der Waals surface area contributed by atoms with Gasteiger partial charge in [0.05, 0.1) is 5.92 Å². The number of carbonyl (C=O) groups excluding carboxylic acids is 1. The van der Waals surface area contributed by atoms with Gasteiger partial charge in [-0.25, -0.2) is 13.8 Å². The predicted octanol–water partition coefficient (Wildman–Crippen LogP) is 1.77. The number of piperidine rings is 1. The molecule has 128 valence electrons. The number of ether oxygens (including phenoxy) is 1. The average Bonchev–Trinajstić information content (AvgIpc) is 3.15. The molecule has 2 aliphatic heterocycles. The minimum atomic E-state index is -2.62. The molecule has 2 fully saturated rings. The number of aromatic nitrogens is 2. The Labute approximate surface area is 137 Å². The Hall–Kier alpha value is -1.35. The quantitative estimate of drug-likeness (QED) is 0.832. The topological polar surface area (TPSA) is 58.6 Å². The molecule has 0 N–H and O–H groups in total. The summed E-state index contributed by atoms with van der Waals surface area (Å²) in [7, 11) is 1.59. The monoisotopic (exact) mass is 346 g/mol. The van der Waals surface area contributed by atoms with Crippen molar-refractivity contribution in [2.24, 2.45) is 5.92 Å². The van der Waals surface area contributed by atoms with Gasteiger partial charge in [-0.1, -0.05) is 0 Å². The first-order valence-electron chi connectivity index (χ1n) is 7.71. The Balaban J connectivity index is 1.55. The number of alkyl halides is 2. The van der Waals surface area contributed by atoms with Crippen molar-refractivity contribution in [1.29, 1.82) is 0 Å². The summed E-state index contributed by atoms with van der Waals surface area (Å²) < 4.78 is 35.6. The van der Waals surface area contributed by atoms with E-state index in [1.165, 1.54) is 11.5 Å². The maximum atomic E-state index is 13.2. The molecule has 0 aromatic carbocycles. The Bertz CT molecular complexity index is 559. The van der Waals surface area contributed by atoms with Crippen LogP contribution in [0.1, 0.15) is 25.1 Å². The van der Waals surface area contributed by atoms with Crippen molar-refractivity contribution in [3.8, 4) is 0 Å². The third-order valence-corrected chi connectivity index (χ3v) is 5.16. The number of hydrogen-bond donors (Lipinski definition) is 0. The van der Waals surface area contributed by atoms with Crippen molar-refractivity contribution >= 4 is 22.6 Å². The first-order valence-corrected chi connectivity index (χ1v) is 8.49. The van der Waals surface area contributed by atoms with Crippen molar-refractivity contribution in [3.63, 3.8) is 0 Å². The highest BCUT2D eigenvalue weighted by atomic mass is 32.1. The van der Waals surface area contributed by atoms with Crippen LogP contribution in [0.3, 0.4) is 0 Å². The van der Waals surface area contributed by atoms with Crippen LogP contribution < -0.4 is 4.90 Å². The van der Waals surface area contributed by atoms with Gasteiger partial charge in [-0.3, -0.25) is 4.79 Å². The third-order valence-electron chi connectivity index (χ3n) is 4.35. The number of nitrogens with zero attached hydrogens (tertiary/aromatic N) is 4. The second kappa shape index (κ2) is 6.64.